The van der Waals surface area contributed by atoms with E-state index in [1.165, 1.54) is 48.4 Å². The van der Waals surface area contributed by atoms with E-state index >= 15 is 0 Å². The zero-order valence-corrected chi connectivity index (χ0v) is 12.9. The summed E-state index contributed by atoms with van der Waals surface area (Å²) >= 11 is 0. The summed E-state index contributed by atoms with van der Waals surface area (Å²) in [6, 6.07) is 12.8. The molecular weight excluding hydrogens is 258 g/mol. The van der Waals surface area contributed by atoms with Crippen molar-refractivity contribution in [2.45, 2.75) is 38.6 Å². The van der Waals surface area contributed by atoms with Crippen molar-refractivity contribution in [1.82, 2.24) is 5.32 Å². The van der Waals surface area contributed by atoms with E-state index in [2.05, 4.69) is 41.7 Å². The van der Waals surface area contributed by atoms with Crippen LogP contribution in [0.1, 0.15) is 37.7 Å². The van der Waals surface area contributed by atoms with Crippen LogP contribution in [0.15, 0.2) is 36.4 Å². The molecule has 2 nitrogen and oxygen atoms in total. The van der Waals surface area contributed by atoms with Gasteiger partial charge in [-0.25, -0.2) is 0 Å². The minimum absolute atomic E-state index is 0.861. The fourth-order valence-corrected chi connectivity index (χ4v) is 3.48. The predicted molar refractivity (Wildman–Crippen MR) is 88.8 cm³/mol. The molecule has 0 radical (unpaired) electrons. The normalized spacial score (nSPS) is 16.2. The summed E-state index contributed by atoms with van der Waals surface area (Å²) in [4.78, 5) is 0. The first-order valence-electron chi connectivity index (χ1n) is 8.14. The molecule has 1 saturated carbocycles. The van der Waals surface area contributed by atoms with E-state index in [9.17, 15) is 0 Å². The lowest BCUT2D eigenvalue weighted by atomic mass is 9.89. The number of hydrogen-bond acceptors (Lipinski definition) is 2. The van der Waals surface area contributed by atoms with Crippen LogP contribution in [0.25, 0.3) is 10.8 Å². The molecule has 1 fully saturated rings. The Morgan fingerprint density at radius 1 is 1.05 bits per heavy atom. The van der Waals surface area contributed by atoms with Crippen LogP contribution < -0.4 is 10.1 Å². The van der Waals surface area contributed by atoms with Gasteiger partial charge in [-0.15, -0.1) is 0 Å². The molecule has 1 aliphatic carbocycles. The second-order valence-electron chi connectivity index (χ2n) is 6.10. The molecule has 21 heavy (non-hydrogen) atoms. The van der Waals surface area contributed by atoms with Gasteiger partial charge < -0.3 is 10.1 Å². The monoisotopic (exact) mass is 283 g/mol. The highest BCUT2D eigenvalue weighted by Crippen LogP contribution is 2.28. The molecule has 2 heteroatoms. The zero-order valence-electron chi connectivity index (χ0n) is 12.9. The smallest absolute Gasteiger partial charge is 0.123 e. The Labute approximate surface area is 127 Å². The van der Waals surface area contributed by atoms with Crippen molar-refractivity contribution >= 4 is 10.8 Å². The maximum Gasteiger partial charge on any atom is 0.123 e. The van der Waals surface area contributed by atoms with Gasteiger partial charge in [0.2, 0.25) is 0 Å². The van der Waals surface area contributed by atoms with Crippen molar-refractivity contribution in [3.8, 4) is 5.75 Å². The van der Waals surface area contributed by atoms with Crippen LogP contribution in [0.4, 0.5) is 0 Å². The van der Waals surface area contributed by atoms with Crippen molar-refractivity contribution in [3.05, 3.63) is 42.0 Å². The van der Waals surface area contributed by atoms with Gasteiger partial charge in [-0.3, -0.25) is 0 Å². The Morgan fingerprint density at radius 3 is 2.67 bits per heavy atom. The van der Waals surface area contributed by atoms with Gasteiger partial charge in [-0.1, -0.05) is 49.6 Å². The van der Waals surface area contributed by atoms with E-state index in [0.717, 1.165) is 24.8 Å². The Bertz CT molecular complexity index is 587. The van der Waals surface area contributed by atoms with Gasteiger partial charge in [0.1, 0.15) is 5.75 Å². The van der Waals surface area contributed by atoms with Gasteiger partial charge in [0, 0.05) is 12.1 Å². The lowest BCUT2D eigenvalue weighted by molar-refractivity contribution is 0.340. The number of methoxy groups -OCH3 is 1. The van der Waals surface area contributed by atoms with Crippen LogP contribution >= 0.6 is 0 Å². The van der Waals surface area contributed by atoms with E-state index in [0.29, 0.717) is 0 Å². The zero-order chi connectivity index (χ0) is 14.5. The third kappa shape index (κ3) is 3.38. The number of fused-ring (bicyclic) bond motifs is 1. The molecule has 0 heterocycles. The van der Waals surface area contributed by atoms with Crippen molar-refractivity contribution in [2.24, 2.45) is 5.92 Å². The van der Waals surface area contributed by atoms with Crippen molar-refractivity contribution in [3.63, 3.8) is 0 Å². The highest BCUT2D eigenvalue weighted by Gasteiger charge is 2.13. The summed E-state index contributed by atoms with van der Waals surface area (Å²) < 4.78 is 5.56. The van der Waals surface area contributed by atoms with E-state index < -0.39 is 0 Å². The summed E-state index contributed by atoms with van der Waals surface area (Å²) in [5.41, 5.74) is 1.28. The van der Waals surface area contributed by atoms with Gasteiger partial charge in [0.25, 0.3) is 0 Å². The van der Waals surface area contributed by atoms with Crippen LogP contribution in [0.2, 0.25) is 0 Å². The average molecular weight is 283 g/mol. The second-order valence-corrected chi connectivity index (χ2v) is 6.10. The van der Waals surface area contributed by atoms with Gasteiger partial charge in [-0.05, 0) is 42.1 Å². The van der Waals surface area contributed by atoms with E-state index in [-0.39, 0.29) is 0 Å². The predicted octanol–water partition coefficient (Wildman–Crippen LogP) is 4.52. The molecule has 1 N–H and O–H groups in total. The van der Waals surface area contributed by atoms with Crippen LogP contribution in [-0.2, 0) is 6.54 Å². The summed E-state index contributed by atoms with van der Waals surface area (Å²) in [7, 11) is 1.76. The van der Waals surface area contributed by atoms with E-state index in [1.807, 2.05) is 0 Å². The molecule has 0 saturated heterocycles. The SMILES string of the molecule is COc1ccc2ccccc2c1CNCC1CCCCC1. The van der Waals surface area contributed by atoms with Gasteiger partial charge in [0.05, 0.1) is 7.11 Å². The Balaban J connectivity index is 1.72. The molecule has 2 aromatic rings. The third-order valence-electron chi connectivity index (χ3n) is 4.68. The van der Waals surface area contributed by atoms with E-state index in [1.54, 1.807) is 7.11 Å². The fraction of sp³-hybridized carbons (Fsp3) is 0.474. The average Bonchev–Trinajstić information content (AvgIpc) is 2.56. The molecule has 0 atom stereocenters. The summed E-state index contributed by atoms with van der Waals surface area (Å²) in [6.45, 7) is 2.02. The molecule has 2 aromatic carbocycles. The molecule has 0 aliphatic heterocycles. The number of nitrogens with one attached hydrogen (secondary N) is 1. The van der Waals surface area contributed by atoms with Crippen LogP contribution in [-0.4, -0.2) is 13.7 Å². The first-order chi connectivity index (χ1) is 10.4. The first kappa shape index (κ1) is 14.4. The fourth-order valence-electron chi connectivity index (χ4n) is 3.48. The molecule has 0 amide bonds. The first-order valence-corrected chi connectivity index (χ1v) is 8.14. The number of hydrogen-bond donors (Lipinski definition) is 1. The van der Waals surface area contributed by atoms with E-state index in [4.69, 9.17) is 4.74 Å². The van der Waals surface area contributed by atoms with Crippen LogP contribution in [0, 0.1) is 5.92 Å². The summed E-state index contributed by atoms with van der Waals surface area (Å²) in [5.74, 6) is 1.85. The number of rotatable bonds is 5. The maximum atomic E-state index is 5.56. The highest BCUT2D eigenvalue weighted by molar-refractivity contribution is 5.87. The minimum atomic E-state index is 0.861. The standard InChI is InChI=1S/C19H25NO/c1-21-19-12-11-16-9-5-6-10-17(16)18(19)14-20-13-15-7-3-2-4-8-15/h5-6,9-12,15,20H,2-4,7-8,13-14H2,1H3. The molecule has 0 unspecified atom stereocenters. The lowest BCUT2D eigenvalue weighted by Gasteiger charge is -2.22. The van der Waals surface area contributed by atoms with Crippen molar-refractivity contribution < 1.29 is 4.74 Å². The molecule has 0 aromatic heterocycles. The van der Waals surface area contributed by atoms with Gasteiger partial charge in [0.15, 0.2) is 0 Å². The summed E-state index contributed by atoms with van der Waals surface area (Å²) in [6.07, 6.45) is 7.01. The third-order valence-corrected chi connectivity index (χ3v) is 4.68. The van der Waals surface area contributed by atoms with Crippen LogP contribution in [0.3, 0.4) is 0 Å². The maximum absolute atomic E-state index is 5.56. The lowest BCUT2D eigenvalue weighted by Crippen LogP contribution is -2.24. The highest BCUT2D eigenvalue weighted by atomic mass is 16.5. The minimum Gasteiger partial charge on any atom is -0.496 e. The van der Waals surface area contributed by atoms with Crippen molar-refractivity contribution in [1.29, 1.82) is 0 Å². The molecule has 112 valence electrons. The quantitative estimate of drug-likeness (QED) is 0.871. The molecule has 0 bridgehead atoms. The second kappa shape index (κ2) is 6.95. The van der Waals surface area contributed by atoms with Gasteiger partial charge in [-0.2, -0.15) is 0 Å². The Hall–Kier alpha value is -1.54. The largest absolute Gasteiger partial charge is 0.496 e. The molecular formula is C19H25NO. The number of benzene rings is 2. The Kier molecular flexibility index (Phi) is 4.76. The topological polar surface area (TPSA) is 21.3 Å². The van der Waals surface area contributed by atoms with Gasteiger partial charge >= 0.3 is 0 Å². The molecule has 0 spiro atoms. The van der Waals surface area contributed by atoms with Crippen molar-refractivity contribution in [2.75, 3.05) is 13.7 Å². The molecule has 1 aliphatic rings. The van der Waals surface area contributed by atoms with Crippen LogP contribution in [0.5, 0.6) is 5.75 Å². The Morgan fingerprint density at radius 2 is 1.86 bits per heavy atom. The summed E-state index contributed by atoms with van der Waals surface area (Å²) in [5, 5.41) is 6.24. The number of ether oxygens (including phenoxy) is 1. The molecule has 3 rings (SSSR count).